The average Bonchev–Trinajstić information content (AvgIpc) is 2.40. The number of hydrogen-bond acceptors (Lipinski definition) is 2. The second-order valence-corrected chi connectivity index (χ2v) is 6.40. The van der Waals surface area contributed by atoms with Gasteiger partial charge >= 0.3 is 0 Å². The van der Waals surface area contributed by atoms with Gasteiger partial charge in [-0.15, -0.1) is 0 Å². The highest BCUT2D eigenvalue weighted by molar-refractivity contribution is 5.15. The van der Waals surface area contributed by atoms with Crippen molar-refractivity contribution < 1.29 is 5.11 Å². The Morgan fingerprint density at radius 2 is 1.79 bits per heavy atom. The number of piperidine rings is 1. The van der Waals surface area contributed by atoms with Crippen molar-refractivity contribution in [1.29, 1.82) is 0 Å². The van der Waals surface area contributed by atoms with Crippen molar-refractivity contribution in [3.05, 3.63) is 35.9 Å². The Morgan fingerprint density at radius 1 is 1.16 bits per heavy atom. The lowest BCUT2D eigenvalue weighted by atomic mass is 9.85. The highest BCUT2D eigenvalue weighted by Gasteiger charge is 2.31. The van der Waals surface area contributed by atoms with Gasteiger partial charge in [-0.2, -0.15) is 0 Å². The molecule has 0 aliphatic carbocycles. The van der Waals surface area contributed by atoms with E-state index in [0.717, 1.165) is 51.2 Å². The van der Waals surface area contributed by atoms with E-state index in [1.54, 1.807) is 0 Å². The molecule has 0 atom stereocenters. The number of rotatable bonds is 5. The molecule has 1 fully saturated rings. The topological polar surface area (TPSA) is 23.5 Å². The molecule has 1 N–H and O–H groups in total. The first kappa shape index (κ1) is 14.5. The molecular formula is C17H27NO. The third-order valence-electron chi connectivity index (χ3n) is 4.13. The van der Waals surface area contributed by atoms with Crippen molar-refractivity contribution in [1.82, 2.24) is 4.90 Å². The normalized spacial score (nSPS) is 19.8. The number of hydrogen-bond donors (Lipinski definition) is 1. The van der Waals surface area contributed by atoms with E-state index in [1.807, 2.05) is 6.07 Å². The zero-order valence-corrected chi connectivity index (χ0v) is 12.3. The van der Waals surface area contributed by atoms with Gasteiger partial charge in [0.1, 0.15) is 0 Å². The monoisotopic (exact) mass is 261 g/mol. The molecule has 2 heteroatoms. The van der Waals surface area contributed by atoms with E-state index < -0.39 is 5.60 Å². The number of aliphatic hydroxyl groups is 1. The van der Waals surface area contributed by atoms with Crippen molar-refractivity contribution in [3.63, 3.8) is 0 Å². The van der Waals surface area contributed by atoms with E-state index in [1.165, 1.54) is 5.56 Å². The molecule has 1 saturated heterocycles. The maximum absolute atomic E-state index is 10.7. The van der Waals surface area contributed by atoms with E-state index in [2.05, 4.69) is 43.0 Å². The molecule has 2 rings (SSSR count). The zero-order chi connectivity index (χ0) is 13.7. The van der Waals surface area contributed by atoms with Gasteiger partial charge in [0.05, 0.1) is 5.60 Å². The Labute approximate surface area is 117 Å². The van der Waals surface area contributed by atoms with Crippen LogP contribution in [0.15, 0.2) is 30.3 Å². The predicted octanol–water partition coefficient (Wildman–Crippen LogP) is 3.10. The van der Waals surface area contributed by atoms with Crippen LogP contribution in [0.3, 0.4) is 0 Å². The summed E-state index contributed by atoms with van der Waals surface area (Å²) in [5, 5.41) is 10.7. The fraction of sp³-hybridized carbons (Fsp3) is 0.647. The number of likely N-dealkylation sites (tertiary alicyclic amines) is 1. The summed E-state index contributed by atoms with van der Waals surface area (Å²) in [6.45, 7) is 7.77. The van der Waals surface area contributed by atoms with Crippen LogP contribution >= 0.6 is 0 Å². The fourth-order valence-corrected chi connectivity index (χ4v) is 2.94. The van der Waals surface area contributed by atoms with Gasteiger partial charge in [0.25, 0.3) is 0 Å². The van der Waals surface area contributed by atoms with Gasteiger partial charge in [0.15, 0.2) is 0 Å². The lowest BCUT2D eigenvalue weighted by Crippen LogP contribution is -2.45. The summed E-state index contributed by atoms with van der Waals surface area (Å²) in [6.07, 6.45) is 3.73. The molecular weight excluding hydrogens is 234 g/mol. The first-order valence-electron chi connectivity index (χ1n) is 7.56. The van der Waals surface area contributed by atoms with Gasteiger partial charge in [-0.1, -0.05) is 44.2 Å². The summed E-state index contributed by atoms with van der Waals surface area (Å²) in [5.41, 5.74) is 0.893. The Balaban J connectivity index is 1.78. The summed E-state index contributed by atoms with van der Waals surface area (Å²) in [5.74, 6) is 0.718. The van der Waals surface area contributed by atoms with Gasteiger partial charge in [0, 0.05) is 19.6 Å². The van der Waals surface area contributed by atoms with Crippen LogP contribution in [0.25, 0.3) is 0 Å². The molecule has 1 aromatic rings. The first-order chi connectivity index (χ1) is 9.07. The third kappa shape index (κ3) is 4.63. The van der Waals surface area contributed by atoms with Crippen molar-refractivity contribution >= 4 is 0 Å². The third-order valence-corrected chi connectivity index (χ3v) is 4.13. The molecule has 1 aromatic carbocycles. The van der Waals surface area contributed by atoms with Gasteiger partial charge in [-0.25, -0.2) is 0 Å². The van der Waals surface area contributed by atoms with E-state index >= 15 is 0 Å². The molecule has 1 aliphatic heterocycles. The molecule has 0 unspecified atom stereocenters. The largest absolute Gasteiger partial charge is 0.390 e. The van der Waals surface area contributed by atoms with Gasteiger partial charge in [-0.3, -0.25) is 0 Å². The molecule has 0 bridgehead atoms. The Kier molecular flexibility index (Phi) is 5.00. The molecule has 0 radical (unpaired) electrons. The molecule has 1 aliphatic rings. The lowest BCUT2D eigenvalue weighted by Gasteiger charge is -2.39. The fourth-order valence-electron chi connectivity index (χ4n) is 2.94. The van der Waals surface area contributed by atoms with E-state index in [0.29, 0.717) is 0 Å². The van der Waals surface area contributed by atoms with Crippen LogP contribution < -0.4 is 0 Å². The maximum atomic E-state index is 10.7. The zero-order valence-electron chi connectivity index (χ0n) is 12.3. The summed E-state index contributed by atoms with van der Waals surface area (Å²) < 4.78 is 0. The van der Waals surface area contributed by atoms with Gasteiger partial charge in [-0.05, 0) is 37.2 Å². The van der Waals surface area contributed by atoms with Crippen LogP contribution in [0, 0.1) is 5.92 Å². The smallest absolute Gasteiger partial charge is 0.0675 e. The van der Waals surface area contributed by atoms with E-state index in [9.17, 15) is 5.11 Å². The Bertz CT molecular complexity index is 366. The van der Waals surface area contributed by atoms with Crippen molar-refractivity contribution in [2.24, 2.45) is 5.92 Å². The van der Waals surface area contributed by atoms with Gasteiger partial charge < -0.3 is 10.0 Å². The minimum Gasteiger partial charge on any atom is -0.390 e. The summed E-state index contributed by atoms with van der Waals surface area (Å²) in [7, 11) is 0. The lowest BCUT2D eigenvalue weighted by molar-refractivity contribution is -0.0292. The quantitative estimate of drug-likeness (QED) is 0.880. The maximum Gasteiger partial charge on any atom is 0.0675 e. The molecule has 0 aromatic heterocycles. The second-order valence-electron chi connectivity index (χ2n) is 6.40. The number of nitrogens with zero attached hydrogens (tertiary/aromatic N) is 1. The SMILES string of the molecule is CC(C)CN1CCC(O)(CCc2ccccc2)CC1. The molecule has 0 amide bonds. The minimum atomic E-state index is -0.441. The highest BCUT2D eigenvalue weighted by Crippen LogP contribution is 2.27. The summed E-state index contributed by atoms with van der Waals surface area (Å²) in [4.78, 5) is 2.49. The molecule has 0 saturated carbocycles. The van der Waals surface area contributed by atoms with Crippen molar-refractivity contribution in [2.45, 2.75) is 45.1 Å². The molecule has 1 heterocycles. The van der Waals surface area contributed by atoms with Crippen LogP contribution in [-0.2, 0) is 6.42 Å². The van der Waals surface area contributed by atoms with Crippen LogP contribution in [0.4, 0.5) is 0 Å². The summed E-state index contributed by atoms with van der Waals surface area (Å²) in [6, 6.07) is 10.5. The van der Waals surface area contributed by atoms with Crippen LogP contribution in [0.1, 0.15) is 38.7 Å². The highest BCUT2D eigenvalue weighted by atomic mass is 16.3. The number of aryl methyl sites for hydroxylation is 1. The van der Waals surface area contributed by atoms with Crippen molar-refractivity contribution in [2.75, 3.05) is 19.6 Å². The van der Waals surface area contributed by atoms with E-state index in [-0.39, 0.29) is 0 Å². The Hall–Kier alpha value is -0.860. The predicted molar refractivity (Wildman–Crippen MR) is 80.2 cm³/mol. The second kappa shape index (κ2) is 6.53. The molecule has 0 spiro atoms. The Morgan fingerprint density at radius 3 is 2.37 bits per heavy atom. The van der Waals surface area contributed by atoms with Gasteiger partial charge in [0.2, 0.25) is 0 Å². The van der Waals surface area contributed by atoms with Crippen LogP contribution in [-0.4, -0.2) is 35.2 Å². The molecule has 19 heavy (non-hydrogen) atoms. The minimum absolute atomic E-state index is 0.441. The standard InChI is InChI=1S/C17H27NO/c1-15(2)14-18-12-10-17(19,11-13-18)9-8-16-6-4-3-5-7-16/h3-7,15,19H,8-14H2,1-2H3. The van der Waals surface area contributed by atoms with Crippen molar-refractivity contribution in [3.8, 4) is 0 Å². The average molecular weight is 261 g/mol. The molecule has 106 valence electrons. The van der Waals surface area contributed by atoms with Crippen LogP contribution in [0.2, 0.25) is 0 Å². The number of benzene rings is 1. The molecule has 2 nitrogen and oxygen atoms in total. The van der Waals surface area contributed by atoms with Crippen LogP contribution in [0.5, 0.6) is 0 Å². The van der Waals surface area contributed by atoms with E-state index in [4.69, 9.17) is 0 Å². The summed E-state index contributed by atoms with van der Waals surface area (Å²) >= 11 is 0. The first-order valence-corrected chi connectivity index (χ1v) is 7.56.